The molecule has 3 N–H and O–H groups in total. The lowest BCUT2D eigenvalue weighted by atomic mass is 9.89. The predicted octanol–water partition coefficient (Wildman–Crippen LogP) is 4.42. The quantitative estimate of drug-likeness (QED) is 0.337. The molecule has 6 rings (SSSR count). The number of sulfonamides is 1. The van der Waals surface area contributed by atoms with Gasteiger partial charge in [-0.3, -0.25) is 4.98 Å². The third-order valence-corrected chi connectivity index (χ3v) is 9.06. The van der Waals surface area contributed by atoms with E-state index in [0.29, 0.717) is 23.3 Å². The van der Waals surface area contributed by atoms with Crippen molar-refractivity contribution in [2.45, 2.75) is 43.0 Å². The summed E-state index contributed by atoms with van der Waals surface area (Å²) in [5.41, 5.74) is 2.69. The Hall–Kier alpha value is -3.76. The van der Waals surface area contributed by atoms with Gasteiger partial charge in [0.1, 0.15) is 4.90 Å². The van der Waals surface area contributed by atoms with E-state index in [2.05, 4.69) is 25.9 Å². The number of hydrogen-bond acceptors (Lipinski definition) is 8. The third-order valence-electron chi connectivity index (χ3n) is 7.29. The zero-order valence-electron chi connectivity index (χ0n) is 21.5. The van der Waals surface area contributed by atoms with E-state index in [-0.39, 0.29) is 11.4 Å². The molecule has 2 aliphatic heterocycles. The van der Waals surface area contributed by atoms with Crippen molar-refractivity contribution in [3.05, 3.63) is 72.6 Å². The molecular weight excluding hydrogens is 498 g/mol. The molecule has 2 aromatic carbocycles. The van der Waals surface area contributed by atoms with E-state index in [0.717, 1.165) is 48.3 Å². The Kier molecular flexibility index (Phi) is 6.16. The number of rotatable bonds is 6. The number of nitrogens with zero attached hydrogens (tertiary/aromatic N) is 4. The van der Waals surface area contributed by atoms with Crippen LogP contribution in [0.25, 0.3) is 10.9 Å². The van der Waals surface area contributed by atoms with Crippen molar-refractivity contribution in [1.82, 2.24) is 20.3 Å². The van der Waals surface area contributed by atoms with Gasteiger partial charge in [-0.2, -0.15) is 4.98 Å². The van der Waals surface area contributed by atoms with Crippen molar-refractivity contribution < 1.29 is 8.42 Å². The topological polar surface area (TPSA) is 112 Å². The van der Waals surface area contributed by atoms with Gasteiger partial charge >= 0.3 is 0 Å². The van der Waals surface area contributed by atoms with Crippen LogP contribution < -0.4 is 20.3 Å². The molecule has 196 valence electrons. The standard InChI is InChI=1S/C28H31N7O2S/c1-28(2)18-35(38(36,37)24-7-3-5-19-6-4-14-30-25(19)24)26-23(28)17-31-27(34-26)33-21-10-8-20(9-11-21)32-22-12-15-29-16-13-22/h3-11,14,17,22,29,32H,12-13,15-16,18H2,1-2H3,(H,31,33,34). The maximum atomic E-state index is 14.0. The highest BCUT2D eigenvalue weighted by molar-refractivity contribution is 7.93. The summed E-state index contributed by atoms with van der Waals surface area (Å²) in [5.74, 6) is 0.737. The van der Waals surface area contributed by atoms with E-state index in [1.54, 1.807) is 30.6 Å². The number of nitrogens with one attached hydrogen (secondary N) is 3. The summed E-state index contributed by atoms with van der Waals surface area (Å²) in [6.07, 6.45) is 5.55. The first-order valence-electron chi connectivity index (χ1n) is 12.9. The highest BCUT2D eigenvalue weighted by Gasteiger charge is 2.43. The number of aromatic nitrogens is 3. The Morgan fingerprint density at radius 1 is 0.974 bits per heavy atom. The number of pyridine rings is 1. The van der Waals surface area contributed by atoms with Gasteiger partial charge in [0.05, 0.1) is 5.52 Å². The first-order valence-corrected chi connectivity index (χ1v) is 14.3. The summed E-state index contributed by atoms with van der Waals surface area (Å²) in [7, 11) is -3.92. The van der Waals surface area contributed by atoms with Crippen LogP contribution in [0.5, 0.6) is 0 Å². The third kappa shape index (κ3) is 4.54. The maximum absolute atomic E-state index is 14.0. The summed E-state index contributed by atoms with van der Waals surface area (Å²) in [5, 5.41) is 11.0. The summed E-state index contributed by atoms with van der Waals surface area (Å²) >= 11 is 0. The minimum atomic E-state index is -3.92. The van der Waals surface area contributed by atoms with E-state index in [9.17, 15) is 8.42 Å². The molecule has 0 saturated carbocycles. The van der Waals surface area contributed by atoms with E-state index < -0.39 is 15.4 Å². The largest absolute Gasteiger partial charge is 0.382 e. The number of fused-ring (bicyclic) bond motifs is 2. The van der Waals surface area contributed by atoms with Gasteiger partial charge in [0.15, 0.2) is 5.82 Å². The molecule has 2 aliphatic rings. The van der Waals surface area contributed by atoms with Gasteiger partial charge < -0.3 is 16.0 Å². The maximum Gasteiger partial charge on any atom is 0.267 e. The predicted molar refractivity (Wildman–Crippen MR) is 151 cm³/mol. The fourth-order valence-electron chi connectivity index (χ4n) is 5.20. The van der Waals surface area contributed by atoms with E-state index >= 15 is 0 Å². The lowest BCUT2D eigenvalue weighted by molar-refractivity contribution is 0.479. The Balaban J connectivity index is 1.28. The van der Waals surface area contributed by atoms with Crippen LogP contribution >= 0.6 is 0 Å². The average Bonchev–Trinajstić information content (AvgIpc) is 3.20. The normalized spacial score (nSPS) is 17.4. The molecule has 0 bridgehead atoms. The van der Waals surface area contributed by atoms with Crippen LogP contribution in [0.2, 0.25) is 0 Å². The second kappa shape index (κ2) is 9.52. The van der Waals surface area contributed by atoms with E-state index in [4.69, 9.17) is 4.98 Å². The summed E-state index contributed by atoms with van der Waals surface area (Å²) < 4.78 is 29.3. The van der Waals surface area contributed by atoms with Gasteiger partial charge in [-0.15, -0.1) is 0 Å². The zero-order chi connectivity index (χ0) is 26.3. The second-order valence-corrected chi connectivity index (χ2v) is 12.4. The van der Waals surface area contributed by atoms with Crippen LogP contribution in [0.1, 0.15) is 32.3 Å². The zero-order valence-corrected chi connectivity index (χ0v) is 22.3. The fourth-order valence-corrected chi connectivity index (χ4v) is 6.96. The number of para-hydroxylation sites is 1. The van der Waals surface area contributed by atoms with Gasteiger partial charge in [-0.05, 0) is 62.3 Å². The highest BCUT2D eigenvalue weighted by atomic mass is 32.2. The summed E-state index contributed by atoms with van der Waals surface area (Å²) in [4.78, 5) is 13.8. The minimum absolute atomic E-state index is 0.171. The molecule has 1 saturated heterocycles. The Bertz CT molecular complexity index is 1580. The molecule has 0 amide bonds. The first-order chi connectivity index (χ1) is 18.3. The highest BCUT2D eigenvalue weighted by Crippen LogP contribution is 2.42. The van der Waals surface area contributed by atoms with Crippen molar-refractivity contribution in [3.63, 3.8) is 0 Å². The Morgan fingerprint density at radius 2 is 1.71 bits per heavy atom. The van der Waals surface area contributed by atoms with Crippen molar-refractivity contribution in [2.75, 3.05) is 34.6 Å². The van der Waals surface area contributed by atoms with Crippen molar-refractivity contribution in [3.8, 4) is 0 Å². The van der Waals surface area contributed by atoms with Gasteiger partial charge in [0.25, 0.3) is 10.0 Å². The number of hydrogen-bond donors (Lipinski definition) is 3. The lowest BCUT2D eigenvalue weighted by Gasteiger charge is -2.24. The fraction of sp³-hybridized carbons (Fsp3) is 0.321. The van der Waals surface area contributed by atoms with Gasteiger partial charge in [0, 0.05) is 52.7 Å². The molecule has 4 heterocycles. The van der Waals surface area contributed by atoms with E-state index in [1.807, 2.05) is 50.2 Å². The van der Waals surface area contributed by atoms with Crippen molar-refractivity contribution in [2.24, 2.45) is 0 Å². The van der Waals surface area contributed by atoms with Crippen LogP contribution in [0, 0.1) is 0 Å². The lowest BCUT2D eigenvalue weighted by Crippen LogP contribution is -2.35. The summed E-state index contributed by atoms with van der Waals surface area (Å²) in [6, 6.07) is 17.4. The molecule has 1 fully saturated rings. The monoisotopic (exact) mass is 529 g/mol. The number of benzene rings is 2. The van der Waals surface area contributed by atoms with Crippen molar-refractivity contribution in [1.29, 1.82) is 0 Å². The Morgan fingerprint density at radius 3 is 2.50 bits per heavy atom. The molecule has 0 aliphatic carbocycles. The molecule has 0 radical (unpaired) electrons. The van der Waals surface area contributed by atoms with Gasteiger partial charge in [0.2, 0.25) is 5.95 Å². The van der Waals surface area contributed by atoms with Crippen LogP contribution in [0.4, 0.5) is 23.1 Å². The Labute approximate surface area is 222 Å². The van der Waals surface area contributed by atoms with Gasteiger partial charge in [-0.25, -0.2) is 17.7 Å². The van der Waals surface area contributed by atoms with E-state index in [1.165, 1.54) is 4.31 Å². The van der Waals surface area contributed by atoms with Crippen LogP contribution in [0.3, 0.4) is 0 Å². The molecule has 38 heavy (non-hydrogen) atoms. The molecule has 0 atom stereocenters. The summed E-state index contributed by atoms with van der Waals surface area (Å²) in [6.45, 7) is 6.35. The van der Waals surface area contributed by atoms with Gasteiger partial charge in [-0.1, -0.05) is 32.0 Å². The minimum Gasteiger partial charge on any atom is -0.382 e. The molecule has 4 aromatic rings. The first kappa shape index (κ1) is 24.6. The average molecular weight is 530 g/mol. The molecule has 10 heteroatoms. The molecule has 9 nitrogen and oxygen atoms in total. The number of piperidine rings is 1. The molecule has 0 unspecified atom stereocenters. The smallest absolute Gasteiger partial charge is 0.267 e. The SMILES string of the molecule is CC1(C)CN(S(=O)(=O)c2cccc3cccnc23)c2nc(Nc3ccc(NC4CCNCC4)cc3)ncc21. The molecule has 2 aromatic heterocycles. The molecule has 0 spiro atoms. The van der Waals surface area contributed by atoms with Crippen LogP contribution in [-0.4, -0.2) is 49.0 Å². The van der Waals surface area contributed by atoms with Crippen LogP contribution in [0.15, 0.2) is 71.9 Å². The second-order valence-electron chi connectivity index (χ2n) is 10.5. The van der Waals surface area contributed by atoms with Crippen LogP contribution in [-0.2, 0) is 15.4 Å². The molecular formula is C28H31N7O2S. The number of anilines is 4. The van der Waals surface area contributed by atoms with Crippen molar-refractivity contribution >= 4 is 44.1 Å².